The van der Waals surface area contributed by atoms with Crippen molar-refractivity contribution in [1.29, 1.82) is 0 Å². The zero-order valence-corrected chi connectivity index (χ0v) is 16.1. The summed E-state index contributed by atoms with van der Waals surface area (Å²) in [6.07, 6.45) is 14.7. The average molecular weight is 339 g/mol. The number of rotatable bonds is 8. The van der Waals surface area contributed by atoms with Gasteiger partial charge in [0.25, 0.3) is 0 Å². The molecule has 0 aliphatic heterocycles. The van der Waals surface area contributed by atoms with Crippen LogP contribution in [0.3, 0.4) is 0 Å². The Morgan fingerprint density at radius 2 is 1.54 bits per heavy atom. The maximum absolute atomic E-state index is 12.4. The van der Waals surface area contributed by atoms with Crippen molar-refractivity contribution in [2.45, 2.75) is 116 Å². The van der Waals surface area contributed by atoms with E-state index >= 15 is 0 Å². The number of unbranched alkanes of at least 4 members (excludes halogenated alkanes) is 2. The van der Waals surface area contributed by atoms with Gasteiger partial charge in [0.1, 0.15) is 6.10 Å². The molecule has 0 saturated heterocycles. The molecule has 0 aromatic rings. The van der Waals surface area contributed by atoms with E-state index in [2.05, 4.69) is 20.8 Å². The lowest BCUT2D eigenvalue weighted by Gasteiger charge is -2.32. The van der Waals surface area contributed by atoms with Gasteiger partial charge in [-0.05, 0) is 71.1 Å². The predicted molar refractivity (Wildman–Crippen MR) is 97.9 cm³/mol. The number of hydrogen-bond donors (Lipinski definition) is 0. The molecule has 2 aliphatic rings. The van der Waals surface area contributed by atoms with E-state index in [9.17, 15) is 4.79 Å². The molecule has 0 bridgehead atoms. The zero-order chi connectivity index (χ0) is 17.4. The molecule has 0 heterocycles. The number of esters is 1. The van der Waals surface area contributed by atoms with Crippen molar-refractivity contribution in [1.82, 2.24) is 0 Å². The monoisotopic (exact) mass is 338 g/mol. The van der Waals surface area contributed by atoms with Crippen molar-refractivity contribution in [3.05, 3.63) is 0 Å². The third kappa shape index (κ3) is 6.74. The second-order valence-electron chi connectivity index (χ2n) is 8.23. The SMILES string of the molecule is CCCCCC1CCC(OC(=O)C2CCC(OC(C)C)CC2)CC1. The molecule has 0 aromatic carbocycles. The van der Waals surface area contributed by atoms with Crippen molar-refractivity contribution < 1.29 is 14.3 Å². The summed E-state index contributed by atoms with van der Waals surface area (Å²) < 4.78 is 11.7. The van der Waals surface area contributed by atoms with Crippen molar-refractivity contribution in [2.24, 2.45) is 11.8 Å². The molecule has 24 heavy (non-hydrogen) atoms. The summed E-state index contributed by atoms with van der Waals surface area (Å²) in [7, 11) is 0. The highest BCUT2D eigenvalue weighted by molar-refractivity contribution is 5.72. The number of carbonyl (C=O) groups is 1. The van der Waals surface area contributed by atoms with Gasteiger partial charge >= 0.3 is 5.97 Å². The second kappa shape index (κ2) is 10.4. The van der Waals surface area contributed by atoms with Crippen LogP contribution in [0.1, 0.15) is 97.8 Å². The van der Waals surface area contributed by atoms with E-state index in [0.717, 1.165) is 44.4 Å². The number of carbonyl (C=O) groups excluding carboxylic acids is 1. The van der Waals surface area contributed by atoms with E-state index in [1.54, 1.807) is 0 Å². The summed E-state index contributed by atoms with van der Waals surface area (Å²) in [5.41, 5.74) is 0. The Bertz CT molecular complexity index is 350. The van der Waals surface area contributed by atoms with Gasteiger partial charge in [0.15, 0.2) is 0 Å². The third-order valence-electron chi connectivity index (χ3n) is 5.76. The van der Waals surface area contributed by atoms with Crippen LogP contribution in [-0.2, 0) is 14.3 Å². The highest BCUT2D eigenvalue weighted by atomic mass is 16.5. The fourth-order valence-corrected chi connectivity index (χ4v) is 4.30. The fourth-order valence-electron chi connectivity index (χ4n) is 4.30. The van der Waals surface area contributed by atoms with Crippen LogP contribution in [0.2, 0.25) is 0 Å². The van der Waals surface area contributed by atoms with E-state index in [1.807, 2.05) is 0 Å². The summed E-state index contributed by atoms with van der Waals surface area (Å²) in [5.74, 6) is 1.04. The van der Waals surface area contributed by atoms with Crippen LogP contribution in [0.15, 0.2) is 0 Å². The Morgan fingerprint density at radius 1 is 0.917 bits per heavy atom. The van der Waals surface area contributed by atoms with Gasteiger partial charge in [0.05, 0.1) is 18.1 Å². The molecule has 0 aromatic heterocycles. The molecule has 2 rings (SSSR count). The van der Waals surface area contributed by atoms with Crippen LogP contribution in [0.5, 0.6) is 0 Å². The molecule has 2 aliphatic carbocycles. The minimum absolute atomic E-state index is 0.0624. The van der Waals surface area contributed by atoms with E-state index in [0.29, 0.717) is 6.10 Å². The van der Waals surface area contributed by atoms with Crippen LogP contribution < -0.4 is 0 Å². The standard InChI is InChI=1S/C21H38O3/c1-4-5-6-7-17-8-12-20(13-9-17)24-21(22)18-10-14-19(15-11-18)23-16(2)3/h16-20H,4-15H2,1-3H3. The van der Waals surface area contributed by atoms with Gasteiger partial charge < -0.3 is 9.47 Å². The largest absolute Gasteiger partial charge is 0.462 e. The van der Waals surface area contributed by atoms with Gasteiger partial charge in [-0.15, -0.1) is 0 Å². The molecule has 2 saturated carbocycles. The van der Waals surface area contributed by atoms with E-state index in [-0.39, 0.29) is 24.1 Å². The number of hydrogen-bond acceptors (Lipinski definition) is 3. The molecule has 0 radical (unpaired) electrons. The molecule has 3 heteroatoms. The summed E-state index contributed by atoms with van der Waals surface area (Å²) in [5, 5.41) is 0. The van der Waals surface area contributed by atoms with Gasteiger partial charge in [0.2, 0.25) is 0 Å². The van der Waals surface area contributed by atoms with Gasteiger partial charge in [0, 0.05) is 0 Å². The van der Waals surface area contributed by atoms with Crippen LogP contribution in [0, 0.1) is 11.8 Å². The molecule has 0 spiro atoms. The topological polar surface area (TPSA) is 35.5 Å². The molecule has 2 fully saturated rings. The Morgan fingerprint density at radius 3 is 2.12 bits per heavy atom. The molecular formula is C21H38O3. The predicted octanol–water partition coefficient (Wildman–Crippen LogP) is 5.65. The minimum Gasteiger partial charge on any atom is -0.462 e. The first-order valence-corrected chi connectivity index (χ1v) is 10.4. The first-order chi connectivity index (χ1) is 11.6. The first-order valence-electron chi connectivity index (χ1n) is 10.4. The van der Waals surface area contributed by atoms with Crippen LogP contribution in [0.25, 0.3) is 0 Å². The second-order valence-corrected chi connectivity index (χ2v) is 8.23. The smallest absolute Gasteiger partial charge is 0.309 e. The summed E-state index contributed by atoms with van der Waals surface area (Å²) in [4.78, 5) is 12.4. The maximum Gasteiger partial charge on any atom is 0.309 e. The Balaban J connectivity index is 1.62. The van der Waals surface area contributed by atoms with E-state index < -0.39 is 0 Å². The highest BCUT2D eigenvalue weighted by Gasteiger charge is 2.31. The van der Waals surface area contributed by atoms with Crippen LogP contribution in [0.4, 0.5) is 0 Å². The minimum atomic E-state index is 0.0624. The highest BCUT2D eigenvalue weighted by Crippen LogP contribution is 2.32. The molecule has 0 N–H and O–H groups in total. The number of ether oxygens (including phenoxy) is 2. The lowest BCUT2D eigenvalue weighted by atomic mass is 9.83. The first kappa shape index (κ1) is 19.8. The molecule has 3 nitrogen and oxygen atoms in total. The van der Waals surface area contributed by atoms with Gasteiger partial charge in [-0.2, -0.15) is 0 Å². The van der Waals surface area contributed by atoms with Crippen LogP contribution in [-0.4, -0.2) is 24.3 Å². The lowest BCUT2D eigenvalue weighted by molar-refractivity contribution is -0.158. The summed E-state index contributed by atoms with van der Waals surface area (Å²) in [6.45, 7) is 6.43. The molecule has 0 unspecified atom stereocenters. The maximum atomic E-state index is 12.4. The third-order valence-corrected chi connectivity index (χ3v) is 5.76. The molecule has 0 amide bonds. The Kier molecular flexibility index (Phi) is 8.58. The van der Waals surface area contributed by atoms with Crippen molar-refractivity contribution in [3.8, 4) is 0 Å². The van der Waals surface area contributed by atoms with E-state index in [4.69, 9.17) is 9.47 Å². The van der Waals surface area contributed by atoms with Crippen LogP contribution >= 0.6 is 0 Å². The zero-order valence-electron chi connectivity index (χ0n) is 16.1. The van der Waals surface area contributed by atoms with Gasteiger partial charge in [-0.25, -0.2) is 0 Å². The quantitative estimate of drug-likeness (QED) is 0.423. The van der Waals surface area contributed by atoms with Gasteiger partial charge in [-0.1, -0.05) is 32.6 Å². The lowest BCUT2D eigenvalue weighted by Crippen LogP contribution is -2.32. The van der Waals surface area contributed by atoms with Gasteiger partial charge in [-0.3, -0.25) is 4.79 Å². The molecule has 140 valence electrons. The van der Waals surface area contributed by atoms with Crippen molar-refractivity contribution in [2.75, 3.05) is 0 Å². The Labute approximate surface area is 148 Å². The van der Waals surface area contributed by atoms with Crippen molar-refractivity contribution >= 4 is 5.97 Å². The molecule has 0 atom stereocenters. The van der Waals surface area contributed by atoms with Crippen molar-refractivity contribution in [3.63, 3.8) is 0 Å². The van der Waals surface area contributed by atoms with E-state index in [1.165, 1.54) is 38.5 Å². The molecular weight excluding hydrogens is 300 g/mol. The average Bonchev–Trinajstić information content (AvgIpc) is 2.57. The summed E-state index contributed by atoms with van der Waals surface area (Å²) >= 11 is 0. The fraction of sp³-hybridized carbons (Fsp3) is 0.952. The normalized spacial score (nSPS) is 31.2. The summed E-state index contributed by atoms with van der Waals surface area (Å²) in [6, 6.07) is 0. The Hall–Kier alpha value is -0.570.